The third-order valence-electron chi connectivity index (χ3n) is 6.05. The molecule has 2 fully saturated rings. The van der Waals surface area contributed by atoms with E-state index in [2.05, 4.69) is 32.5 Å². The van der Waals surface area contributed by atoms with E-state index >= 15 is 0 Å². The first-order valence-electron chi connectivity index (χ1n) is 12.6. The predicted octanol–water partition coefficient (Wildman–Crippen LogP) is -1.54. The molecule has 3 heterocycles. The number of ether oxygens (including phenoxy) is 2. The minimum atomic E-state index is -3.86. The number of carbonyl (C=O) groups is 2. The fourth-order valence-corrected chi connectivity index (χ4v) is 6.20. The first kappa shape index (κ1) is 33.7. The van der Waals surface area contributed by atoms with E-state index in [0.717, 1.165) is 16.2 Å². The van der Waals surface area contributed by atoms with Crippen LogP contribution in [0.4, 0.5) is 4.79 Å². The van der Waals surface area contributed by atoms with E-state index in [-0.39, 0.29) is 37.6 Å². The monoisotopic (exact) mass is 725 g/mol. The third-order valence-corrected chi connectivity index (χ3v) is 8.55. The number of nitrogens with one attached hydrogen (secondary N) is 2. The van der Waals surface area contributed by atoms with Gasteiger partial charge in [-0.15, -0.1) is 5.10 Å². The Bertz CT molecular complexity index is 1220. The largest absolute Gasteiger partial charge is 0.394 e. The fraction of sp³-hybridized carbons (Fsp3) is 0.591. The van der Waals surface area contributed by atoms with Gasteiger partial charge in [0.2, 0.25) is 11.9 Å². The number of hydrazone groups is 1. The quantitative estimate of drug-likeness (QED) is 0.0197. The molecule has 3 amide bonds. The number of guanidine groups is 1. The molecule has 10 N–H and O–H groups in total. The number of urea groups is 1. The van der Waals surface area contributed by atoms with Crippen LogP contribution >= 0.6 is 27.3 Å². The van der Waals surface area contributed by atoms with Crippen molar-refractivity contribution in [1.82, 2.24) is 20.5 Å². The Balaban J connectivity index is 1.60. The number of amides is 3. The molecule has 0 saturated carbocycles. The van der Waals surface area contributed by atoms with Crippen molar-refractivity contribution in [2.75, 3.05) is 13.2 Å². The summed E-state index contributed by atoms with van der Waals surface area (Å²) in [6, 6.07) is 0.847. The van der Waals surface area contributed by atoms with E-state index in [4.69, 9.17) is 42.1 Å². The molecular weight excluding hydrogens is 692 g/mol. The summed E-state index contributed by atoms with van der Waals surface area (Å²) in [6.07, 6.45) is 2.68. The number of aliphatic hydroxyl groups is 2. The van der Waals surface area contributed by atoms with Gasteiger partial charge in [0.25, 0.3) is 0 Å². The van der Waals surface area contributed by atoms with Gasteiger partial charge in [-0.1, -0.05) is 12.2 Å². The highest BCUT2D eigenvalue weighted by molar-refractivity contribution is 14.2. The topological polar surface area (TPSA) is 262 Å². The zero-order valence-corrected chi connectivity index (χ0v) is 25.5. The molecule has 0 bridgehead atoms. The van der Waals surface area contributed by atoms with E-state index in [1.165, 1.54) is 35.2 Å². The van der Waals surface area contributed by atoms with Gasteiger partial charge >= 0.3 is 11.3 Å². The normalized spacial score (nSPS) is 30.3. The molecule has 18 nitrogen and oxygen atoms in total. The highest BCUT2D eigenvalue weighted by atomic mass is 127. The molecule has 0 aromatic carbocycles. The summed E-state index contributed by atoms with van der Waals surface area (Å²) in [5.74, 6) is -0.871. The number of terminal acetylenes is 1. The number of rotatable bonds is 10. The van der Waals surface area contributed by atoms with Crippen molar-refractivity contribution in [1.29, 1.82) is 0 Å². The van der Waals surface area contributed by atoms with E-state index in [9.17, 15) is 24.4 Å². The van der Waals surface area contributed by atoms with Gasteiger partial charge in [-0.05, 0) is 19.8 Å². The lowest BCUT2D eigenvalue weighted by Gasteiger charge is -2.36. The number of hydrogen-bond acceptors (Lipinski definition) is 14. The van der Waals surface area contributed by atoms with Gasteiger partial charge in [0.1, 0.15) is 30.9 Å². The standard InChI is InChI=1S/C22H33IN9O9P/c1-3-32(30-21(26)29-20(35)12(2)24)18-5-4-13(34)16(40-18)10-38-42(23,37)41-14-8-19(39-15(14)9-33)31-11-28-17(25)6-7-27-22(31)36/h1,7,11-16,18-19,33-34H,4-5,8-10,24-25H2,2H3,(H,27,36)(H3,26,29,30,35)/t6?,12?,13?,14?,15-,16-,18-,19-,42?/m1/s1. The Morgan fingerprint density at radius 3 is 2.90 bits per heavy atom. The number of nitrogens with zero attached hydrogens (tertiary/aromatic N) is 4. The molecule has 232 valence electrons. The zero-order chi connectivity index (χ0) is 31.0. The van der Waals surface area contributed by atoms with Crippen molar-refractivity contribution in [3.63, 3.8) is 0 Å². The molecule has 0 spiro atoms. The van der Waals surface area contributed by atoms with Crippen LogP contribution < -0.4 is 27.8 Å². The number of aliphatic imine (C=N–C) groups is 1. The number of halogens is 1. The van der Waals surface area contributed by atoms with Crippen molar-refractivity contribution in [2.45, 2.75) is 69.1 Å². The van der Waals surface area contributed by atoms with Crippen LogP contribution in [0, 0.1) is 12.5 Å². The molecular formula is C22H33IN9O9P. The Labute approximate surface area is 254 Å². The van der Waals surface area contributed by atoms with Gasteiger partial charge < -0.3 is 42.2 Å². The van der Waals surface area contributed by atoms with Crippen LogP contribution in [-0.4, -0.2) is 100 Å². The first-order valence-corrected chi connectivity index (χ1v) is 16.9. The molecule has 2 saturated heterocycles. The maximum absolute atomic E-state index is 13.2. The maximum atomic E-state index is 13.2. The van der Waals surface area contributed by atoms with Crippen molar-refractivity contribution in [2.24, 2.45) is 27.3 Å². The number of aliphatic hydroxyl groups excluding tert-OH is 2. The SMILES string of the molecule is C#CN(/N=C(/N)NC(=O)C(C)N)[C@H]1CCC(O)[C@@H](COP(=O)(I)OC2C[C@H](N3C=NC(N)=C=CNC3=O)O[C@@H]2CO)O1. The lowest BCUT2D eigenvalue weighted by atomic mass is 10.0. The van der Waals surface area contributed by atoms with Crippen molar-refractivity contribution in [3.05, 3.63) is 17.8 Å². The summed E-state index contributed by atoms with van der Waals surface area (Å²) >= 11 is 1.49. The van der Waals surface area contributed by atoms with Gasteiger partial charge in [0, 0.05) is 12.5 Å². The third kappa shape index (κ3) is 9.37. The van der Waals surface area contributed by atoms with Gasteiger partial charge in [-0.25, -0.2) is 14.4 Å². The second-order valence-corrected chi connectivity index (χ2v) is 14.1. The second kappa shape index (κ2) is 15.1. The van der Waals surface area contributed by atoms with Gasteiger partial charge in [-0.3, -0.25) is 24.1 Å². The predicted molar refractivity (Wildman–Crippen MR) is 155 cm³/mol. The maximum Gasteiger partial charge on any atom is 0.389 e. The summed E-state index contributed by atoms with van der Waals surface area (Å²) < 4.78 is 36.0. The van der Waals surface area contributed by atoms with Crippen LogP contribution in [0.5, 0.6) is 0 Å². The number of carbonyl (C=O) groups excluding carboxylic acids is 2. The van der Waals surface area contributed by atoms with Crippen molar-refractivity contribution in [3.8, 4) is 12.5 Å². The molecule has 0 radical (unpaired) electrons. The Hall–Kier alpha value is -2.76. The second-order valence-electron chi connectivity index (χ2n) is 9.20. The van der Waals surface area contributed by atoms with E-state index in [1.54, 1.807) is 0 Å². The van der Waals surface area contributed by atoms with Crippen LogP contribution in [0.3, 0.4) is 0 Å². The first-order chi connectivity index (χ1) is 19.8. The van der Waals surface area contributed by atoms with E-state index in [1.807, 2.05) is 0 Å². The summed E-state index contributed by atoms with van der Waals surface area (Å²) in [5.41, 5.74) is 19.4. The van der Waals surface area contributed by atoms with Crippen LogP contribution in [-0.2, 0) is 27.9 Å². The molecule has 3 aliphatic rings. The Morgan fingerprint density at radius 1 is 1.50 bits per heavy atom. The van der Waals surface area contributed by atoms with Crippen molar-refractivity contribution < 1.29 is 42.9 Å². The van der Waals surface area contributed by atoms with Gasteiger partial charge in [0.05, 0.1) is 53.6 Å². The molecule has 3 rings (SSSR count). The van der Waals surface area contributed by atoms with Gasteiger partial charge in [0.15, 0.2) is 12.0 Å². The number of nitrogens with two attached hydrogens (primary N) is 3. The van der Waals surface area contributed by atoms with Crippen LogP contribution in [0.1, 0.15) is 26.2 Å². The van der Waals surface area contributed by atoms with Crippen LogP contribution in [0.25, 0.3) is 0 Å². The minimum absolute atomic E-state index is 0.00894. The summed E-state index contributed by atoms with van der Waals surface area (Å²) in [5, 5.41) is 26.1. The lowest BCUT2D eigenvalue weighted by molar-refractivity contribution is -0.168. The molecule has 20 heteroatoms. The smallest absolute Gasteiger partial charge is 0.389 e. The molecule has 3 aliphatic heterocycles. The molecule has 0 aromatic heterocycles. The average molecular weight is 725 g/mol. The summed E-state index contributed by atoms with van der Waals surface area (Å²) in [7, 11) is 0. The highest BCUT2D eigenvalue weighted by Gasteiger charge is 2.44. The molecule has 42 heavy (non-hydrogen) atoms. The summed E-state index contributed by atoms with van der Waals surface area (Å²) in [6.45, 7) is 0.594. The minimum Gasteiger partial charge on any atom is -0.394 e. The fourth-order valence-electron chi connectivity index (χ4n) is 3.91. The van der Waals surface area contributed by atoms with E-state index in [0.29, 0.717) is 0 Å². The molecule has 0 aliphatic carbocycles. The molecule has 4 unspecified atom stereocenters. The number of hydrogen-bond donors (Lipinski definition) is 7. The highest BCUT2D eigenvalue weighted by Crippen LogP contribution is 2.59. The Morgan fingerprint density at radius 2 is 2.24 bits per heavy atom. The Kier molecular flexibility index (Phi) is 12.1. The molecule has 8 atom stereocenters. The lowest BCUT2D eigenvalue weighted by Crippen LogP contribution is -2.49. The van der Waals surface area contributed by atoms with Gasteiger partial charge in [-0.2, -0.15) is 5.01 Å². The zero-order valence-electron chi connectivity index (χ0n) is 22.4. The molecule has 0 aromatic rings. The van der Waals surface area contributed by atoms with Crippen LogP contribution in [0.2, 0.25) is 0 Å². The van der Waals surface area contributed by atoms with Crippen molar-refractivity contribution >= 4 is 51.5 Å². The van der Waals surface area contributed by atoms with Crippen LogP contribution in [0.15, 0.2) is 27.8 Å². The van der Waals surface area contributed by atoms with E-state index < -0.39 is 66.7 Å². The average Bonchev–Trinajstić information content (AvgIpc) is 3.31. The summed E-state index contributed by atoms with van der Waals surface area (Å²) in [4.78, 5) is 29.2.